The van der Waals surface area contributed by atoms with Crippen molar-refractivity contribution in [2.45, 2.75) is 103 Å². The van der Waals surface area contributed by atoms with Gasteiger partial charge in [-0.1, -0.05) is 18.2 Å². The number of rotatable bonds is 7. The van der Waals surface area contributed by atoms with E-state index in [1.807, 2.05) is 27.7 Å². The molecule has 2 heterocycles. The second-order valence-corrected chi connectivity index (χ2v) is 11.9. The van der Waals surface area contributed by atoms with Gasteiger partial charge in [0.15, 0.2) is 0 Å². The van der Waals surface area contributed by atoms with Crippen molar-refractivity contribution in [3.05, 3.63) is 29.3 Å². The van der Waals surface area contributed by atoms with E-state index in [9.17, 15) is 23.9 Å². The number of hydrogen-bond donors (Lipinski definition) is 3. The Kier molecular flexibility index (Phi) is 8.79. The quantitative estimate of drug-likeness (QED) is 0.455. The Morgan fingerprint density at radius 3 is 2.34 bits per heavy atom. The van der Waals surface area contributed by atoms with E-state index in [-0.39, 0.29) is 13.0 Å². The third kappa shape index (κ3) is 7.24. The second kappa shape index (κ2) is 11.2. The van der Waals surface area contributed by atoms with E-state index in [0.29, 0.717) is 29.4 Å². The van der Waals surface area contributed by atoms with E-state index >= 15 is 0 Å². The van der Waals surface area contributed by atoms with Crippen molar-refractivity contribution in [1.29, 1.82) is 0 Å². The second-order valence-electron chi connectivity index (χ2n) is 11.9. The number of carboxylic acids is 1. The van der Waals surface area contributed by atoms with Crippen LogP contribution >= 0.6 is 0 Å². The molecule has 10 nitrogen and oxygen atoms in total. The van der Waals surface area contributed by atoms with Crippen molar-refractivity contribution in [2.24, 2.45) is 0 Å². The molecule has 210 valence electrons. The molecule has 12 heteroatoms. The minimum atomic E-state index is -1.11. The molecule has 0 spiro atoms. The standard InChI is InChI=1S/C26H39BFN3O7/c1-24(2,3)36-23(35)29-20(21(32)31-10-8-9-19(30-31)22(33)34)14-16-11-17(15-28)13-18(12-16)27-37-25(4,5)26(6,7)38-27/h11-13,19-20,30H,8-10,14-15H2,1-7H3,(H,29,35)(H,33,34)/t19-,20-/m0/s1. The summed E-state index contributed by atoms with van der Waals surface area (Å²) < 4.78 is 31.5. The number of carboxylic acid groups (broad SMARTS) is 1. The maximum atomic E-state index is 13.9. The number of amides is 2. The zero-order valence-corrected chi connectivity index (χ0v) is 23.2. The molecule has 1 aromatic carbocycles. The summed E-state index contributed by atoms with van der Waals surface area (Å²) in [5.41, 5.74) is 2.28. The molecule has 3 rings (SSSR count). The Balaban J connectivity index is 1.89. The minimum Gasteiger partial charge on any atom is -0.480 e. The van der Waals surface area contributed by atoms with E-state index in [1.54, 1.807) is 39.0 Å². The monoisotopic (exact) mass is 535 g/mol. The fourth-order valence-corrected chi connectivity index (χ4v) is 4.30. The highest BCUT2D eigenvalue weighted by Crippen LogP contribution is 2.36. The maximum Gasteiger partial charge on any atom is 0.494 e. The molecular weight excluding hydrogens is 496 g/mol. The van der Waals surface area contributed by atoms with Gasteiger partial charge in [0.05, 0.1) is 11.2 Å². The number of carbonyl (C=O) groups is 3. The number of nitrogens with zero attached hydrogens (tertiary/aromatic N) is 1. The number of aliphatic carboxylic acids is 1. The van der Waals surface area contributed by atoms with Crippen molar-refractivity contribution in [3.8, 4) is 0 Å². The van der Waals surface area contributed by atoms with Gasteiger partial charge in [-0.2, -0.15) is 0 Å². The lowest BCUT2D eigenvalue weighted by molar-refractivity contribution is -0.147. The molecule has 2 saturated heterocycles. The molecule has 2 atom stereocenters. The summed E-state index contributed by atoms with van der Waals surface area (Å²) in [6.07, 6.45) is 0.0711. The first-order valence-corrected chi connectivity index (χ1v) is 12.9. The molecule has 1 aromatic rings. The van der Waals surface area contributed by atoms with Crippen LogP contribution in [-0.2, 0) is 36.7 Å². The molecule has 0 saturated carbocycles. The van der Waals surface area contributed by atoms with Crippen LogP contribution in [0.3, 0.4) is 0 Å². The fraction of sp³-hybridized carbons (Fsp3) is 0.654. The van der Waals surface area contributed by atoms with Gasteiger partial charge in [0.1, 0.15) is 24.4 Å². The van der Waals surface area contributed by atoms with Gasteiger partial charge in [-0.15, -0.1) is 0 Å². The van der Waals surface area contributed by atoms with Crippen LogP contribution in [0.15, 0.2) is 18.2 Å². The van der Waals surface area contributed by atoms with E-state index < -0.39 is 60.6 Å². The summed E-state index contributed by atoms with van der Waals surface area (Å²) in [5.74, 6) is -1.59. The fourth-order valence-electron chi connectivity index (χ4n) is 4.30. The predicted molar refractivity (Wildman–Crippen MR) is 139 cm³/mol. The van der Waals surface area contributed by atoms with Gasteiger partial charge in [-0.3, -0.25) is 14.6 Å². The van der Waals surface area contributed by atoms with Crippen molar-refractivity contribution in [1.82, 2.24) is 15.8 Å². The Morgan fingerprint density at radius 1 is 1.18 bits per heavy atom. The highest BCUT2D eigenvalue weighted by Gasteiger charge is 2.51. The van der Waals surface area contributed by atoms with Gasteiger partial charge < -0.3 is 24.5 Å². The average Bonchev–Trinajstić information content (AvgIpc) is 3.03. The molecule has 0 unspecified atom stereocenters. The van der Waals surface area contributed by atoms with Crippen LogP contribution in [0.2, 0.25) is 0 Å². The van der Waals surface area contributed by atoms with Crippen LogP contribution in [0.25, 0.3) is 0 Å². The van der Waals surface area contributed by atoms with Gasteiger partial charge >= 0.3 is 19.2 Å². The lowest BCUT2D eigenvalue weighted by Crippen LogP contribution is -2.60. The third-order valence-electron chi connectivity index (χ3n) is 6.93. The van der Waals surface area contributed by atoms with Gasteiger partial charge in [0.2, 0.25) is 0 Å². The summed E-state index contributed by atoms with van der Waals surface area (Å²) in [4.78, 5) is 37.7. The van der Waals surface area contributed by atoms with Crippen LogP contribution in [0.1, 0.15) is 72.4 Å². The Hall–Kier alpha value is -2.70. The number of halogens is 1. The number of hydrazine groups is 1. The molecule has 0 aromatic heterocycles. The van der Waals surface area contributed by atoms with Crippen LogP contribution in [0.5, 0.6) is 0 Å². The normalized spacial score (nSPS) is 21.6. The van der Waals surface area contributed by atoms with Crippen molar-refractivity contribution in [2.75, 3.05) is 6.54 Å². The van der Waals surface area contributed by atoms with Crippen molar-refractivity contribution in [3.63, 3.8) is 0 Å². The predicted octanol–water partition coefficient (Wildman–Crippen LogP) is 2.47. The molecule has 2 aliphatic rings. The summed E-state index contributed by atoms with van der Waals surface area (Å²) in [7, 11) is -0.738. The molecule has 38 heavy (non-hydrogen) atoms. The summed E-state index contributed by atoms with van der Waals surface area (Å²) in [6.45, 7) is 12.3. The highest BCUT2D eigenvalue weighted by atomic mass is 19.1. The van der Waals surface area contributed by atoms with E-state index in [0.717, 1.165) is 0 Å². The van der Waals surface area contributed by atoms with Crippen LogP contribution in [0, 0.1) is 0 Å². The lowest BCUT2D eigenvalue weighted by Gasteiger charge is -2.34. The van der Waals surface area contributed by atoms with Gasteiger partial charge in [-0.05, 0) is 77.9 Å². The molecule has 0 radical (unpaired) electrons. The number of carbonyl (C=O) groups excluding carboxylic acids is 2. The molecule has 2 aliphatic heterocycles. The first-order chi connectivity index (χ1) is 17.5. The number of hydrogen-bond acceptors (Lipinski definition) is 7. The summed E-state index contributed by atoms with van der Waals surface area (Å²) >= 11 is 0. The minimum absolute atomic E-state index is 0.00827. The maximum absolute atomic E-state index is 13.9. The molecule has 3 N–H and O–H groups in total. The molecule has 0 bridgehead atoms. The van der Waals surface area contributed by atoms with Crippen molar-refractivity contribution >= 4 is 30.6 Å². The largest absolute Gasteiger partial charge is 0.494 e. The Bertz CT molecular complexity index is 1040. The first-order valence-electron chi connectivity index (χ1n) is 12.9. The SMILES string of the molecule is CC(C)(C)OC(=O)N[C@@H](Cc1cc(CF)cc(B2OC(C)(C)C(C)(C)O2)c1)C(=O)N1CCC[C@@H](C(=O)O)N1. The molecular formula is C26H39BFN3O7. The van der Waals surface area contributed by atoms with Gasteiger partial charge in [0, 0.05) is 13.0 Å². The molecule has 2 amide bonds. The van der Waals surface area contributed by atoms with E-state index in [4.69, 9.17) is 14.0 Å². The average molecular weight is 535 g/mol. The summed E-state index contributed by atoms with van der Waals surface area (Å²) in [5, 5.41) is 13.2. The van der Waals surface area contributed by atoms with Crippen LogP contribution in [-0.4, -0.2) is 70.6 Å². The zero-order valence-electron chi connectivity index (χ0n) is 23.2. The third-order valence-corrected chi connectivity index (χ3v) is 6.93. The van der Waals surface area contributed by atoms with Crippen molar-refractivity contribution < 1.29 is 37.9 Å². The molecule has 2 fully saturated rings. The van der Waals surface area contributed by atoms with Crippen LogP contribution < -0.4 is 16.2 Å². The number of alkyl carbamates (subject to hydrolysis) is 1. The van der Waals surface area contributed by atoms with Crippen LogP contribution in [0.4, 0.5) is 9.18 Å². The Morgan fingerprint density at radius 2 is 1.79 bits per heavy atom. The van der Waals surface area contributed by atoms with E-state index in [1.165, 1.54) is 5.01 Å². The topological polar surface area (TPSA) is 126 Å². The van der Waals surface area contributed by atoms with Gasteiger partial charge in [0.25, 0.3) is 5.91 Å². The first kappa shape index (κ1) is 29.9. The van der Waals surface area contributed by atoms with Gasteiger partial charge in [-0.25, -0.2) is 14.6 Å². The number of ether oxygens (including phenoxy) is 1. The summed E-state index contributed by atoms with van der Waals surface area (Å²) in [6, 6.07) is 3.02. The zero-order chi connectivity index (χ0) is 28.5. The van der Waals surface area contributed by atoms with E-state index in [2.05, 4.69) is 10.7 Å². The smallest absolute Gasteiger partial charge is 0.480 e. The molecule has 0 aliphatic carbocycles. The number of benzene rings is 1. The highest BCUT2D eigenvalue weighted by molar-refractivity contribution is 6.62. The Labute approximate surface area is 223 Å². The number of nitrogens with one attached hydrogen (secondary N) is 2. The lowest BCUT2D eigenvalue weighted by atomic mass is 9.77. The number of alkyl halides is 1.